The van der Waals surface area contributed by atoms with Gasteiger partial charge in [0.15, 0.2) is 6.10 Å². The molecule has 0 fully saturated rings. The molecule has 6 heteroatoms. The molecule has 0 aliphatic rings. The van der Waals surface area contributed by atoms with E-state index in [-0.39, 0.29) is 11.5 Å². The largest absolute Gasteiger partial charge is 0.496 e. The van der Waals surface area contributed by atoms with Crippen molar-refractivity contribution < 1.29 is 24.2 Å². The van der Waals surface area contributed by atoms with E-state index in [4.69, 9.17) is 14.6 Å². The number of hydrogen-bond acceptors (Lipinski definition) is 4. The van der Waals surface area contributed by atoms with Gasteiger partial charge in [-0.25, -0.2) is 4.79 Å². The Morgan fingerprint density at radius 2 is 1.96 bits per heavy atom. The predicted octanol–water partition coefficient (Wildman–Crippen LogP) is 2.83. The number of carboxylic acids is 1. The van der Waals surface area contributed by atoms with Gasteiger partial charge < -0.3 is 19.9 Å². The highest BCUT2D eigenvalue weighted by Gasteiger charge is 2.15. The number of ether oxygens (including phenoxy) is 2. The Bertz CT molecular complexity index is 788. The van der Waals surface area contributed by atoms with Gasteiger partial charge >= 0.3 is 5.97 Å². The van der Waals surface area contributed by atoms with Crippen LogP contribution in [-0.4, -0.2) is 36.7 Å². The molecule has 0 saturated carbocycles. The number of carboxylic acid groups (broad SMARTS) is 1. The van der Waals surface area contributed by atoms with Crippen LogP contribution in [0.4, 0.5) is 0 Å². The van der Waals surface area contributed by atoms with E-state index in [0.29, 0.717) is 24.5 Å². The molecule has 2 aromatic carbocycles. The second-order valence-corrected chi connectivity index (χ2v) is 5.95. The first-order valence-corrected chi connectivity index (χ1v) is 8.32. The summed E-state index contributed by atoms with van der Waals surface area (Å²) in [6.07, 6.45) is -0.0977. The lowest BCUT2D eigenvalue weighted by Gasteiger charge is -2.15. The summed E-state index contributed by atoms with van der Waals surface area (Å²) in [7, 11) is 1.49. The molecule has 0 bridgehead atoms. The van der Waals surface area contributed by atoms with E-state index in [1.807, 2.05) is 31.2 Å². The third kappa shape index (κ3) is 5.24. The third-order valence-electron chi connectivity index (χ3n) is 3.90. The molecule has 1 unspecified atom stereocenters. The van der Waals surface area contributed by atoms with Gasteiger partial charge in [0, 0.05) is 6.54 Å². The van der Waals surface area contributed by atoms with Crippen LogP contribution in [0.25, 0.3) is 0 Å². The minimum Gasteiger partial charge on any atom is -0.496 e. The van der Waals surface area contributed by atoms with Crippen molar-refractivity contribution in [3.8, 4) is 11.5 Å². The molecule has 1 atom stereocenters. The second-order valence-electron chi connectivity index (χ2n) is 5.95. The molecule has 26 heavy (non-hydrogen) atoms. The highest BCUT2D eigenvalue weighted by Crippen LogP contribution is 2.20. The van der Waals surface area contributed by atoms with Crippen LogP contribution in [0.2, 0.25) is 0 Å². The summed E-state index contributed by atoms with van der Waals surface area (Å²) in [6.45, 7) is 4.05. The van der Waals surface area contributed by atoms with Crippen molar-refractivity contribution in [3.63, 3.8) is 0 Å². The van der Waals surface area contributed by atoms with Crippen LogP contribution in [0.15, 0.2) is 42.5 Å². The first kappa shape index (κ1) is 19.3. The number of amides is 1. The average Bonchev–Trinajstić information content (AvgIpc) is 2.61. The monoisotopic (exact) mass is 357 g/mol. The first-order valence-electron chi connectivity index (χ1n) is 8.32. The topological polar surface area (TPSA) is 84.9 Å². The molecule has 0 aliphatic heterocycles. The van der Waals surface area contributed by atoms with Crippen LogP contribution in [0.3, 0.4) is 0 Å². The Balaban J connectivity index is 1.88. The number of carbonyl (C=O) groups excluding carboxylic acids is 1. The zero-order valence-electron chi connectivity index (χ0n) is 15.1. The lowest BCUT2D eigenvalue weighted by Crippen LogP contribution is -2.37. The van der Waals surface area contributed by atoms with E-state index in [1.54, 1.807) is 13.0 Å². The number of aryl methyl sites for hydroxylation is 1. The van der Waals surface area contributed by atoms with E-state index >= 15 is 0 Å². The van der Waals surface area contributed by atoms with Crippen LogP contribution < -0.4 is 14.8 Å². The second kappa shape index (κ2) is 8.89. The number of carbonyl (C=O) groups is 2. The fourth-order valence-corrected chi connectivity index (χ4v) is 2.49. The summed E-state index contributed by atoms with van der Waals surface area (Å²) >= 11 is 0. The number of nitrogens with one attached hydrogen (secondary N) is 1. The van der Waals surface area contributed by atoms with Crippen molar-refractivity contribution >= 4 is 11.9 Å². The Kier molecular flexibility index (Phi) is 6.60. The molecular weight excluding hydrogens is 334 g/mol. The lowest BCUT2D eigenvalue weighted by molar-refractivity contribution is -0.127. The maximum Gasteiger partial charge on any atom is 0.335 e. The van der Waals surface area contributed by atoms with Gasteiger partial charge in [-0.2, -0.15) is 0 Å². The van der Waals surface area contributed by atoms with Gasteiger partial charge in [0.25, 0.3) is 5.91 Å². The number of aromatic carboxylic acids is 1. The van der Waals surface area contributed by atoms with Gasteiger partial charge in [-0.1, -0.05) is 18.2 Å². The average molecular weight is 357 g/mol. The standard InChI is InChI=1S/C20H23NO5/c1-13-5-4-6-17(11-13)26-14(2)19(22)21-10-9-15-7-8-16(20(23)24)12-18(15)25-3/h4-8,11-12,14H,9-10H2,1-3H3,(H,21,22)(H,23,24). The summed E-state index contributed by atoms with van der Waals surface area (Å²) in [6, 6.07) is 12.2. The van der Waals surface area contributed by atoms with E-state index in [0.717, 1.165) is 11.1 Å². The summed E-state index contributed by atoms with van der Waals surface area (Å²) in [5.74, 6) is -0.0836. The van der Waals surface area contributed by atoms with Gasteiger partial charge in [-0.3, -0.25) is 4.79 Å². The van der Waals surface area contributed by atoms with Crippen molar-refractivity contribution in [2.24, 2.45) is 0 Å². The zero-order valence-corrected chi connectivity index (χ0v) is 15.1. The van der Waals surface area contributed by atoms with Crippen LogP contribution in [0.5, 0.6) is 11.5 Å². The maximum absolute atomic E-state index is 12.2. The summed E-state index contributed by atoms with van der Waals surface area (Å²) in [5, 5.41) is 11.8. The maximum atomic E-state index is 12.2. The number of hydrogen-bond donors (Lipinski definition) is 2. The Morgan fingerprint density at radius 3 is 2.62 bits per heavy atom. The van der Waals surface area contributed by atoms with E-state index < -0.39 is 12.1 Å². The molecule has 2 aromatic rings. The minimum absolute atomic E-state index is 0.162. The van der Waals surface area contributed by atoms with Gasteiger partial charge in [-0.15, -0.1) is 0 Å². The summed E-state index contributed by atoms with van der Waals surface area (Å²) < 4.78 is 10.9. The molecule has 0 spiro atoms. The molecule has 0 aliphatic carbocycles. The Morgan fingerprint density at radius 1 is 1.19 bits per heavy atom. The molecule has 2 rings (SSSR count). The first-order chi connectivity index (χ1) is 12.4. The van der Waals surface area contributed by atoms with Gasteiger partial charge in [0.1, 0.15) is 11.5 Å². The Labute approximate surface area is 152 Å². The molecule has 0 radical (unpaired) electrons. The molecular formula is C20H23NO5. The van der Waals surface area contributed by atoms with E-state index in [2.05, 4.69) is 5.32 Å². The van der Waals surface area contributed by atoms with Crippen LogP contribution in [0.1, 0.15) is 28.4 Å². The molecule has 0 saturated heterocycles. The van der Waals surface area contributed by atoms with Crippen molar-refractivity contribution in [1.82, 2.24) is 5.32 Å². The molecule has 0 aromatic heterocycles. The third-order valence-corrected chi connectivity index (χ3v) is 3.90. The van der Waals surface area contributed by atoms with Crippen LogP contribution >= 0.6 is 0 Å². The van der Waals surface area contributed by atoms with Crippen molar-refractivity contribution in [2.45, 2.75) is 26.4 Å². The van der Waals surface area contributed by atoms with Gasteiger partial charge in [0.2, 0.25) is 0 Å². The normalized spacial score (nSPS) is 11.5. The van der Waals surface area contributed by atoms with Crippen LogP contribution in [-0.2, 0) is 11.2 Å². The van der Waals surface area contributed by atoms with Crippen LogP contribution in [0, 0.1) is 6.92 Å². The van der Waals surface area contributed by atoms with Crippen molar-refractivity contribution in [1.29, 1.82) is 0 Å². The fraction of sp³-hybridized carbons (Fsp3) is 0.300. The summed E-state index contributed by atoms with van der Waals surface area (Å²) in [5.41, 5.74) is 2.05. The van der Waals surface area contributed by atoms with E-state index in [9.17, 15) is 9.59 Å². The highest BCUT2D eigenvalue weighted by molar-refractivity contribution is 5.88. The predicted molar refractivity (Wildman–Crippen MR) is 97.9 cm³/mol. The van der Waals surface area contributed by atoms with Crippen molar-refractivity contribution in [2.75, 3.05) is 13.7 Å². The fourth-order valence-electron chi connectivity index (χ4n) is 2.49. The molecule has 138 valence electrons. The Hall–Kier alpha value is -3.02. The molecule has 1 amide bonds. The zero-order chi connectivity index (χ0) is 19.1. The molecule has 6 nitrogen and oxygen atoms in total. The number of methoxy groups -OCH3 is 1. The summed E-state index contributed by atoms with van der Waals surface area (Å²) in [4.78, 5) is 23.2. The minimum atomic E-state index is -1.01. The smallest absolute Gasteiger partial charge is 0.335 e. The molecule has 2 N–H and O–H groups in total. The SMILES string of the molecule is COc1cc(C(=O)O)ccc1CCNC(=O)C(C)Oc1cccc(C)c1. The number of rotatable bonds is 8. The lowest BCUT2D eigenvalue weighted by atomic mass is 10.1. The van der Waals surface area contributed by atoms with Crippen molar-refractivity contribution in [3.05, 3.63) is 59.2 Å². The van der Waals surface area contributed by atoms with Gasteiger partial charge in [-0.05, 0) is 55.7 Å². The quantitative estimate of drug-likeness (QED) is 0.759. The highest BCUT2D eigenvalue weighted by atomic mass is 16.5. The van der Waals surface area contributed by atoms with Gasteiger partial charge in [0.05, 0.1) is 12.7 Å². The van der Waals surface area contributed by atoms with E-state index in [1.165, 1.54) is 19.2 Å². The molecule has 0 heterocycles. The number of benzene rings is 2.